The average molecular weight is 299 g/mol. The summed E-state index contributed by atoms with van der Waals surface area (Å²) in [6.07, 6.45) is -4.31. The highest BCUT2D eigenvalue weighted by Gasteiger charge is 2.28. The first-order valence-corrected chi connectivity index (χ1v) is 6.09. The van der Waals surface area contributed by atoms with Crippen LogP contribution >= 0.6 is 0 Å². The smallest absolute Gasteiger partial charge is 0.383 e. The maximum Gasteiger partial charge on any atom is 0.405 e. The summed E-state index contributed by atoms with van der Waals surface area (Å²) in [5.41, 5.74) is 0. The maximum atomic E-state index is 11.9. The van der Waals surface area contributed by atoms with Crippen LogP contribution in [0.5, 0.6) is 0 Å². The van der Waals surface area contributed by atoms with Crippen molar-refractivity contribution in [2.75, 3.05) is 33.4 Å². The Morgan fingerprint density at radius 1 is 1.20 bits per heavy atom. The van der Waals surface area contributed by atoms with Crippen molar-refractivity contribution in [3.8, 4) is 0 Å². The molecular formula is C11H20F3N3O3. The summed E-state index contributed by atoms with van der Waals surface area (Å²) < 4.78 is 40.4. The van der Waals surface area contributed by atoms with Crippen molar-refractivity contribution in [1.29, 1.82) is 0 Å². The van der Waals surface area contributed by atoms with E-state index < -0.39 is 24.7 Å². The van der Waals surface area contributed by atoms with Crippen molar-refractivity contribution in [1.82, 2.24) is 16.0 Å². The third-order valence-corrected chi connectivity index (χ3v) is 2.29. The third kappa shape index (κ3) is 10.6. The molecule has 2 amide bonds. The molecule has 0 aromatic heterocycles. The SMILES string of the molecule is COCCNC(=O)CCNC(C)C(=O)NCC(F)(F)F. The lowest BCUT2D eigenvalue weighted by molar-refractivity contribution is -0.139. The summed E-state index contributed by atoms with van der Waals surface area (Å²) in [4.78, 5) is 22.6. The molecule has 20 heavy (non-hydrogen) atoms. The van der Waals surface area contributed by atoms with Crippen LogP contribution in [-0.4, -0.2) is 57.4 Å². The Morgan fingerprint density at radius 2 is 1.85 bits per heavy atom. The summed E-state index contributed by atoms with van der Waals surface area (Å²) >= 11 is 0. The minimum Gasteiger partial charge on any atom is -0.383 e. The molecule has 0 aromatic rings. The van der Waals surface area contributed by atoms with Gasteiger partial charge in [-0.2, -0.15) is 13.2 Å². The van der Waals surface area contributed by atoms with E-state index in [1.165, 1.54) is 14.0 Å². The molecule has 0 radical (unpaired) electrons. The van der Waals surface area contributed by atoms with Gasteiger partial charge in [-0.15, -0.1) is 0 Å². The van der Waals surface area contributed by atoms with Gasteiger partial charge in [-0.1, -0.05) is 0 Å². The number of methoxy groups -OCH3 is 1. The minimum absolute atomic E-state index is 0.126. The van der Waals surface area contributed by atoms with Gasteiger partial charge in [-0.3, -0.25) is 9.59 Å². The zero-order valence-electron chi connectivity index (χ0n) is 11.5. The molecule has 0 rings (SSSR count). The molecule has 118 valence electrons. The maximum absolute atomic E-state index is 11.9. The van der Waals surface area contributed by atoms with Crippen LogP contribution in [-0.2, 0) is 14.3 Å². The zero-order valence-corrected chi connectivity index (χ0v) is 11.5. The molecular weight excluding hydrogens is 279 g/mol. The summed E-state index contributed by atoms with van der Waals surface area (Å²) in [7, 11) is 1.51. The second-order valence-electron chi connectivity index (χ2n) is 4.10. The van der Waals surface area contributed by atoms with E-state index in [0.29, 0.717) is 13.2 Å². The number of alkyl halides is 3. The number of nitrogens with one attached hydrogen (secondary N) is 3. The van der Waals surface area contributed by atoms with Gasteiger partial charge in [0.05, 0.1) is 12.6 Å². The van der Waals surface area contributed by atoms with Crippen LogP contribution in [0.2, 0.25) is 0 Å². The Morgan fingerprint density at radius 3 is 2.40 bits per heavy atom. The van der Waals surface area contributed by atoms with E-state index in [9.17, 15) is 22.8 Å². The fraction of sp³-hybridized carbons (Fsp3) is 0.818. The fourth-order valence-electron chi connectivity index (χ4n) is 1.22. The average Bonchev–Trinajstić information content (AvgIpc) is 2.35. The van der Waals surface area contributed by atoms with Crippen LogP contribution < -0.4 is 16.0 Å². The molecule has 0 bridgehead atoms. The molecule has 0 saturated carbocycles. The first-order valence-electron chi connectivity index (χ1n) is 6.09. The van der Waals surface area contributed by atoms with Gasteiger partial charge in [0.15, 0.2) is 0 Å². The van der Waals surface area contributed by atoms with Gasteiger partial charge in [-0.05, 0) is 6.92 Å². The van der Waals surface area contributed by atoms with E-state index in [4.69, 9.17) is 4.74 Å². The van der Waals surface area contributed by atoms with Gasteiger partial charge in [0, 0.05) is 26.6 Å². The Bertz CT molecular complexity index is 311. The quantitative estimate of drug-likeness (QED) is 0.515. The number of hydrogen-bond acceptors (Lipinski definition) is 4. The normalized spacial score (nSPS) is 12.8. The molecule has 1 atom stereocenters. The van der Waals surface area contributed by atoms with Gasteiger partial charge < -0.3 is 20.7 Å². The molecule has 0 heterocycles. The number of halogens is 3. The van der Waals surface area contributed by atoms with Gasteiger partial charge in [-0.25, -0.2) is 0 Å². The van der Waals surface area contributed by atoms with E-state index >= 15 is 0 Å². The predicted molar refractivity (Wildman–Crippen MR) is 66.0 cm³/mol. The first kappa shape index (κ1) is 18.7. The van der Waals surface area contributed by atoms with Gasteiger partial charge >= 0.3 is 6.18 Å². The van der Waals surface area contributed by atoms with Crippen LogP contribution in [0.4, 0.5) is 13.2 Å². The molecule has 0 aliphatic heterocycles. The number of amides is 2. The van der Waals surface area contributed by atoms with Crippen molar-refractivity contribution in [3.63, 3.8) is 0 Å². The Hall–Kier alpha value is -1.35. The third-order valence-electron chi connectivity index (χ3n) is 2.29. The molecule has 9 heteroatoms. The summed E-state index contributed by atoms with van der Waals surface area (Å²) in [6.45, 7) is 1.04. The summed E-state index contributed by atoms with van der Waals surface area (Å²) in [6, 6.07) is -0.802. The Balaban J connectivity index is 3.73. The molecule has 0 aliphatic rings. The summed E-state index contributed by atoms with van der Waals surface area (Å²) in [5.74, 6) is -0.987. The van der Waals surface area contributed by atoms with E-state index in [2.05, 4.69) is 10.6 Å². The second-order valence-corrected chi connectivity index (χ2v) is 4.10. The number of carbonyl (C=O) groups excluding carboxylic acids is 2. The van der Waals surface area contributed by atoms with Crippen LogP contribution in [0.1, 0.15) is 13.3 Å². The predicted octanol–water partition coefficient (Wildman–Crippen LogP) is -0.204. The van der Waals surface area contributed by atoms with Crippen molar-refractivity contribution in [2.24, 2.45) is 0 Å². The molecule has 3 N–H and O–H groups in total. The largest absolute Gasteiger partial charge is 0.405 e. The highest BCUT2D eigenvalue weighted by atomic mass is 19.4. The van der Waals surface area contributed by atoms with E-state index in [-0.39, 0.29) is 18.9 Å². The minimum atomic E-state index is -4.43. The fourth-order valence-corrected chi connectivity index (χ4v) is 1.22. The summed E-state index contributed by atoms with van der Waals surface area (Å²) in [5, 5.41) is 7.01. The molecule has 1 unspecified atom stereocenters. The number of rotatable bonds is 9. The number of carbonyl (C=O) groups is 2. The van der Waals surface area contributed by atoms with Crippen LogP contribution in [0.3, 0.4) is 0 Å². The van der Waals surface area contributed by atoms with E-state index in [0.717, 1.165) is 0 Å². The molecule has 6 nitrogen and oxygen atoms in total. The number of hydrogen-bond donors (Lipinski definition) is 3. The van der Waals surface area contributed by atoms with Crippen molar-refractivity contribution in [3.05, 3.63) is 0 Å². The highest BCUT2D eigenvalue weighted by Crippen LogP contribution is 2.12. The van der Waals surface area contributed by atoms with Crippen molar-refractivity contribution in [2.45, 2.75) is 25.6 Å². The monoisotopic (exact) mass is 299 g/mol. The standard InChI is InChI=1S/C11H20F3N3O3/c1-8(10(19)17-7-11(12,13)14)15-4-3-9(18)16-5-6-20-2/h8,15H,3-7H2,1-2H3,(H,16,18)(H,17,19). The zero-order chi connectivity index (χ0) is 15.6. The van der Waals surface area contributed by atoms with Crippen molar-refractivity contribution < 1.29 is 27.5 Å². The lowest BCUT2D eigenvalue weighted by Gasteiger charge is -2.15. The Kier molecular flexibility index (Phi) is 8.89. The van der Waals surface area contributed by atoms with Gasteiger partial charge in [0.2, 0.25) is 11.8 Å². The molecule has 0 fully saturated rings. The van der Waals surface area contributed by atoms with Gasteiger partial charge in [0.25, 0.3) is 0 Å². The molecule has 0 saturated heterocycles. The molecule has 0 aliphatic carbocycles. The van der Waals surface area contributed by atoms with Gasteiger partial charge in [0.1, 0.15) is 6.54 Å². The van der Waals surface area contributed by atoms with E-state index in [1.807, 2.05) is 0 Å². The number of ether oxygens (including phenoxy) is 1. The highest BCUT2D eigenvalue weighted by molar-refractivity contribution is 5.81. The van der Waals surface area contributed by atoms with Crippen LogP contribution in [0.25, 0.3) is 0 Å². The van der Waals surface area contributed by atoms with Crippen LogP contribution in [0.15, 0.2) is 0 Å². The topological polar surface area (TPSA) is 79.5 Å². The lowest BCUT2D eigenvalue weighted by atomic mass is 10.3. The molecule has 0 aromatic carbocycles. The van der Waals surface area contributed by atoms with Crippen LogP contribution in [0, 0.1) is 0 Å². The Labute approximate surface area is 115 Å². The van der Waals surface area contributed by atoms with E-state index in [1.54, 1.807) is 5.32 Å². The lowest BCUT2D eigenvalue weighted by Crippen LogP contribution is -2.46. The molecule has 0 spiro atoms. The first-order chi connectivity index (χ1) is 9.26. The van der Waals surface area contributed by atoms with Crippen molar-refractivity contribution >= 4 is 11.8 Å². The second kappa shape index (κ2) is 9.54.